The molecule has 0 aliphatic rings. The number of imidazole rings is 1. The fourth-order valence-corrected chi connectivity index (χ4v) is 1.33. The van der Waals surface area contributed by atoms with Gasteiger partial charge in [-0.1, -0.05) is 13.0 Å². The van der Waals surface area contributed by atoms with Crippen molar-refractivity contribution in [2.45, 2.75) is 13.3 Å². The van der Waals surface area contributed by atoms with E-state index in [0.717, 1.165) is 6.42 Å². The smallest absolute Gasteiger partial charge is 0.246 e. The molecule has 56 valence electrons. The predicted octanol–water partition coefficient (Wildman–Crippen LogP) is 1.32. The molecule has 0 saturated heterocycles. The van der Waals surface area contributed by atoms with Gasteiger partial charge in [-0.05, 0) is 12.1 Å². The maximum atomic E-state index is 3.23. The zero-order chi connectivity index (χ0) is 7.68. The van der Waals surface area contributed by atoms with E-state index in [1.54, 1.807) is 0 Å². The molecule has 0 atom stereocenters. The lowest BCUT2D eigenvalue weighted by Gasteiger charge is -1.85. The first kappa shape index (κ1) is 6.40. The van der Waals surface area contributed by atoms with E-state index >= 15 is 0 Å². The summed E-state index contributed by atoms with van der Waals surface area (Å²) in [5, 5.41) is 0. The molecule has 11 heavy (non-hydrogen) atoms. The normalized spacial score (nSPS) is 10.6. The van der Waals surface area contributed by atoms with Gasteiger partial charge in [-0.15, -0.1) is 0 Å². The molecule has 2 aromatic rings. The molecule has 0 bridgehead atoms. The highest BCUT2D eigenvalue weighted by Crippen LogP contribution is 2.02. The number of aromatic amines is 1. The lowest BCUT2D eigenvalue weighted by atomic mass is 10.3. The van der Waals surface area contributed by atoms with E-state index in [4.69, 9.17) is 0 Å². The molecular weight excluding hydrogens is 136 g/mol. The summed E-state index contributed by atoms with van der Waals surface area (Å²) in [6.07, 6.45) is 5.08. The van der Waals surface area contributed by atoms with Gasteiger partial charge in [0.05, 0.1) is 6.20 Å². The van der Waals surface area contributed by atoms with Gasteiger partial charge in [0.1, 0.15) is 5.69 Å². The Kier molecular flexibility index (Phi) is 1.39. The minimum Gasteiger partial charge on any atom is -0.247 e. The molecule has 0 saturated carbocycles. The first-order valence-electron chi connectivity index (χ1n) is 3.88. The standard InChI is InChI=1S/C9H10N2/c1-2-8-9-5-3-4-6-11(9)7-10-8/h3-7H,2H2,1H3/p+1. The zero-order valence-electron chi connectivity index (χ0n) is 6.54. The van der Waals surface area contributed by atoms with Crippen LogP contribution in [-0.4, -0.2) is 4.98 Å². The fraction of sp³-hybridized carbons (Fsp3) is 0.222. The highest BCUT2D eigenvalue weighted by atomic mass is 15.0. The molecule has 2 heteroatoms. The summed E-state index contributed by atoms with van der Waals surface area (Å²) in [5.74, 6) is 0. The van der Waals surface area contributed by atoms with Crippen LogP contribution in [0.1, 0.15) is 12.6 Å². The van der Waals surface area contributed by atoms with Crippen LogP contribution in [0.4, 0.5) is 0 Å². The molecule has 2 heterocycles. The summed E-state index contributed by atoms with van der Waals surface area (Å²) in [4.78, 5) is 3.23. The monoisotopic (exact) mass is 147 g/mol. The summed E-state index contributed by atoms with van der Waals surface area (Å²) in [7, 11) is 0. The minimum absolute atomic E-state index is 1.06. The van der Waals surface area contributed by atoms with E-state index in [1.165, 1.54) is 11.2 Å². The predicted molar refractivity (Wildman–Crippen MR) is 43.3 cm³/mol. The number of nitrogens with zero attached hydrogens (tertiary/aromatic N) is 1. The van der Waals surface area contributed by atoms with Crippen LogP contribution >= 0.6 is 0 Å². The quantitative estimate of drug-likeness (QED) is 0.587. The largest absolute Gasteiger partial charge is 0.247 e. The summed E-state index contributed by atoms with van der Waals surface area (Å²) in [6, 6.07) is 6.21. The second kappa shape index (κ2) is 2.38. The Hall–Kier alpha value is -1.31. The molecule has 2 aromatic heterocycles. The minimum atomic E-state index is 1.06. The van der Waals surface area contributed by atoms with Crippen LogP contribution in [0, 0.1) is 0 Å². The molecule has 0 aromatic carbocycles. The van der Waals surface area contributed by atoms with Crippen LogP contribution in [0.15, 0.2) is 30.7 Å². The lowest BCUT2D eigenvalue weighted by Crippen LogP contribution is -2.16. The van der Waals surface area contributed by atoms with Crippen molar-refractivity contribution in [3.8, 4) is 0 Å². The molecular formula is C9H11N2+. The Morgan fingerprint density at radius 2 is 2.36 bits per heavy atom. The average molecular weight is 147 g/mol. The van der Waals surface area contributed by atoms with Gasteiger partial charge < -0.3 is 0 Å². The first-order valence-corrected chi connectivity index (χ1v) is 3.88. The zero-order valence-corrected chi connectivity index (χ0v) is 6.54. The fourth-order valence-electron chi connectivity index (χ4n) is 1.33. The number of fused-ring (bicyclic) bond motifs is 1. The molecule has 2 nitrogen and oxygen atoms in total. The Morgan fingerprint density at radius 3 is 3.18 bits per heavy atom. The van der Waals surface area contributed by atoms with Crippen LogP contribution in [0.2, 0.25) is 0 Å². The number of hydrogen-bond acceptors (Lipinski definition) is 0. The van der Waals surface area contributed by atoms with Crippen LogP contribution < -0.4 is 4.40 Å². The van der Waals surface area contributed by atoms with Gasteiger partial charge in [0.15, 0.2) is 5.52 Å². The molecule has 0 amide bonds. The topological polar surface area (TPSA) is 19.9 Å². The average Bonchev–Trinajstić information content (AvgIpc) is 2.47. The maximum absolute atomic E-state index is 3.23. The number of rotatable bonds is 1. The lowest BCUT2D eigenvalue weighted by molar-refractivity contribution is -0.511. The van der Waals surface area contributed by atoms with E-state index < -0.39 is 0 Å². The van der Waals surface area contributed by atoms with Gasteiger partial charge in [-0.3, -0.25) is 0 Å². The summed E-state index contributed by atoms with van der Waals surface area (Å²) >= 11 is 0. The van der Waals surface area contributed by atoms with Crippen LogP contribution in [0.5, 0.6) is 0 Å². The van der Waals surface area contributed by atoms with E-state index in [9.17, 15) is 0 Å². The SMILES string of the molecule is CCc1[nH]c[n+]2ccccc12. The van der Waals surface area contributed by atoms with E-state index in [-0.39, 0.29) is 0 Å². The van der Waals surface area contributed by atoms with Crippen molar-refractivity contribution in [1.29, 1.82) is 0 Å². The summed E-state index contributed by atoms with van der Waals surface area (Å²) < 4.78 is 2.10. The van der Waals surface area contributed by atoms with E-state index in [1.807, 2.05) is 18.6 Å². The Balaban J connectivity index is 2.76. The maximum Gasteiger partial charge on any atom is 0.246 e. The summed E-state index contributed by atoms with van der Waals surface area (Å²) in [5.41, 5.74) is 2.57. The molecule has 1 N–H and O–H groups in total. The molecule has 2 rings (SSSR count). The Morgan fingerprint density at radius 1 is 1.45 bits per heavy atom. The second-order valence-corrected chi connectivity index (χ2v) is 2.60. The van der Waals surface area contributed by atoms with Crippen molar-refractivity contribution in [1.82, 2.24) is 4.98 Å². The van der Waals surface area contributed by atoms with Gasteiger partial charge in [-0.25, -0.2) is 9.38 Å². The van der Waals surface area contributed by atoms with Crippen LogP contribution in [-0.2, 0) is 6.42 Å². The Bertz CT molecular complexity index is 362. The number of H-pyrrole nitrogens is 1. The van der Waals surface area contributed by atoms with Crippen molar-refractivity contribution < 1.29 is 4.40 Å². The van der Waals surface area contributed by atoms with Gasteiger partial charge in [-0.2, -0.15) is 0 Å². The number of pyridine rings is 1. The van der Waals surface area contributed by atoms with Crippen LogP contribution in [0.3, 0.4) is 0 Å². The third kappa shape index (κ3) is 0.909. The van der Waals surface area contributed by atoms with E-state index in [2.05, 4.69) is 28.4 Å². The number of hydrogen-bond donors (Lipinski definition) is 1. The van der Waals surface area contributed by atoms with E-state index in [0.29, 0.717) is 0 Å². The number of aromatic nitrogens is 2. The van der Waals surface area contributed by atoms with Gasteiger partial charge in [0, 0.05) is 6.42 Å². The number of aryl methyl sites for hydroxylation is 1. The van der Waals surface area contributed by atoms with Crippen LogP contribution in [0.25, 0.3) is 5.52 Å². The van der Waals surface area contributed by atoms with Gasteiger partial charge in [0.2, 0.25) is 6.33 Å². The van der Waals surface area contributed by atoms with Crippen molar-refractivity contribution >= 4 is 5.52 Å². The molecule has 0 spiro atoms. The van der Waals surface area contributed by atoms with Crippen molar-refractivity contribution in [2.75, 3.05) is 0 Å². The third-order valence-electron chi connectivity index (χ3n) is 1.93. The molecule has 0 unspecified atom stereocenters. The van der Waals surface area contributed by atoms with Crippen molar-refractivity contribution in [2.24, 2.45) is 0 Å². The second-order valence-electron chi connectivity index (χ2n) is 2.60. The highest BCUT2D eigenvalue weighted by Gasteiger charge is 2.05. The third-order valence-corrected chi connectivity index (χ3v) is 1.93. The van der Waals surface area contributed by atoms with Gasteiger partial charge >= 0.3 is 0 Å². The first-order chi connectivity index (χ1) is 5.42. The Labute approximate surface area is 65.5 Å². The summed E-state index contributed by atoms with van der Waals surface area (Å²) in [6.45, 7) is 2.15. The molecule has 0 aliphatic heterocycles. The number of nitrogens with one attached hydrogen (secondary N) is 1. The van der Waals surface area contributed by atoms with Crippen molar-refractivity contribution in [3.05, 3.63) is 36.4 Å². The van der Waals surface area contributed by atoms with Crippen molar-refractivity contribution in [3.63, 3.8) is 0 Å². The highest BCUT2D eigenvalue weighted by molar-refractivity contribution is 5.43. The molecule has 0 fully saturated rings. The van der Waals surface area contributed by atoms with Gasteiger partial charge in [0.25, 0.3) is 0 Å². The molecule has 0 radical (unpaired) electrons. The molecule has 0 aliphatic carbocycles.